The Bertz CT molecular complexity index is 2440. The Hall–Kier alpha value is -4.85. The molecule has 5 heterocycles. The third-order valence-electron chi connectivity index (χ3n) is 10.5. The number of hydrogen-bond donors (Lipinski definition) is 2. The third kappa shape index (κ3) is 5.44. The molecular weight excluding hydrogens is 715 g/mol. The zero-order valence-corrected chi connectivity index (χ0v) is 29.9. The van der Waals surface area contributed by atoms with Crippen LogP contribution < -0.4 is 26.6 Å². The molecular formula is C37H33Cl2F2N7O4. The van der Waals surface area contributed by atoms with E-state index in [1.54, 1.807) is 25.3 Å². The average Bonchev–Trinajstić information content (AvgIpc) is 3.73. The van der Waals surface area contributed by atoms with Crippen molar-refractivity contribution in [1.29, 1.82) is 0 Å². The second-order valence-corrected chi connectivity index (χ2v) is 14.4. The van der Waals surface area contributed by atoms with E-state index in [4.69, 9.17) is 32.9 Å². The Kier molecular flexibility index (Phi) is 8.35. The van der Waals surface area contributed by atoms with Gasteiger partial charge in [0.05, 0.1) is 39.6 Å². The van der Waals surface area contributed by atoms with Gasteiger partial charge in [-0.2, -0.15) is 0 Å². The molecule has 2 fully saturated rings. The van der Waals surface area contributed by atoms with Gasteiger partial charge in [0.1, 0.15) is 16.9 Å². The standard InChI is InChI=1S/C37H33Cl2F2N7O4/c1-46-26-15-24(32(40)41)43-33(29(26)35(50)47(2)36(46)51)42-22-9-5-7-20(31(22)39)19-6-4-8-21(30(19)38)23-14-18-10-11-25(28(18)34(44-23)52-3)48-16-37(17-48)13-12-27(49)45-37/h4-9,14-15,25,32H,10-13,16-17H2,1-3H3,(H,42,43)(H,45,49). The molecule has 52 heavy (non-hydrogen) atoms. The van der Waals surface area contributed by atoms with E-state index in [9.17, 15) is 23.2 Å². The molecule has 0 radical (unpaired) electrons. The lowest BCUT2D eigenvalue weighted by molar-refractivity contribution is -0.121. The summed E-state index contributed by atoms with van der Waals surface area (Å²) < 4.78 is 35.8. The number of nitrogens with one attached hydrogen (secondary N) is 2. The maximum atomic E-state index is 13.9. The number of aryl methyl sites for hydroxylation is 2. The van der Waals surface area contributed by atoms with Crippen molar-refractivity contribution in [3.63, 3.8) is 0 Å². The Balaban J connectivity index is 1.14. The molecule has 268 valence electrons. The van der Waals surface area contributed by atoms with Crippen LogP contribution in [0, 0.1) is 0 Å². The highest BCUT2D eigenvalue weighted by Crippen LogP contribution is 2.48. The maximum absolute atomic E-state index is 13.9. The average molecular weight is 749 g/mol. The van der Waals surface area contributed by atoms with E-state index < -0.39 is 23.4 Å². The number of methoxy groups -OCH3 is 1. The molecule has 3 aromatic heterocycles. The first-order valence-electron chi connectivity index (χ1n) is 16.8. The zero-order valence-electron chi connectivity index (χ0n) is 28.4. The molecule has 5 aromatic rings. The van der Waals surface area contributed by atoms with Crippen LogP contribution in [0.1, 0.15) is 48.6 Å². The van der Waals surface area contributed by atoms with Gasteiger partial charge in [-0.1, -0.05) is 53.5 Å². The van der Waals surface area contributed by atoms with Crippen LogP contribution in [0.25, 0.3) is 33.3 Å². The molecule has 1 atom stereocenters. The van der Waals surface area contributed by atoms with Gasteiger partial charge in [0.2, 0.25) is 11.8 Å². The molecule has 2 N–H and O–H groups in total. The number of anilines is 2. The third-order valence-corrected chi connectivity index (χ3v) is 11.3. The summed E-state index contributed by atoms with van der Waals surface area (Å²) in [5.41, 5.74) is 2.81. The minimum atomic E-state index is -2.96. The molecule has 1 unspecified atom stereocenters. The first-order valence-corrected chi connectivity index (χ1v) is 17.5. The summed E-state index contributed by atoms with van der Waals surface area (Å²) in [7, 11) is 4.31. The summed E-state index contributed by atoms with van der Waals surface area (Å²) in [6.07, 6.45) is 0.218. The smallest absolute Gasteiger partial charge is 0.330 e. The Morgan fingerprint density at radius 1 is 0.962 bits per heavy atom. The number of aromatic nitrogens is 4. The molecule has 15 heteroatoms. The predicted molar refractivity (Wildman–Crippen MR) is 195 cm³/mol. The molecule has 3 aliphatic rings. The number of fused-ring (bicyclic) bond motifs is 2. The van der Waals surface area contributed by atoms with Gasteiger partial charge in [0.15, 0.2) is 0 Å². The van der Waals surface area contributed by atoms with Crippen molar-refractivity contribution in [3.05, 3.63) is 96.2 Å². The summed E-state index contributed by atoms with van der Waals surface area (Å²) in [6, 6.07) is 13.9. The minimum absolute atomic E-state index is 0.00335. The quantitative estimate of drug-likeness (QED) is 0.199. The lowest BCUT2D eigenvalue weighted by Gasteiger charge is -2.50. The number of likely N-dealkylation sites (tertiary alicyclic amines) is 1. The molecule has 2 aliphatic heterocycles. The van der Waals surface area contributed by atoms with Crippen LogP contribution in [0.5, 0.6) is 5.88 Å². The molecule has 0 bridgehead atoms. The molecule has 1 aliphatic carbocycles. The second-order valence-electron chi connectivity index (χ2n) is 13.6. The van der Waals surface area contributed by atoms with Gasteiger partial charge in [-0.25, -0.2) is 23.5 Å². The van der Waals surface area contributed by atoms with E-state index in [0.29, 0.717) is 39.7 Å². The predicted octanol–water partition coefficient (Wildman–Crippen LogP) is 6.31. The summed E-state index contributed by atoms with van der Waals surface area (Å²) in [4.78, 5) is 49.1. The molecule has 11 nitrogen and oxygen atoms in total. The van der Waals surface area contributed by atoms with Crippen molar-refractivity contribution in [2.75, 3.05) is 25.5 Å². The topological polar surface area (TPSA) is 123 Å². The molecule has 0 saturated carbocycles. The first kappa shape index (κ1) is 34.2. The van der Waals surface area contributed by atoms with Gasteiger partial charge in [0, 0.05) is 61.9 Å². The monoisotopic (exact) mass is 747 g/mol. The Labute approximate surface area is 306 Å². The van der Waals surface area contributed by atoms with Crippen LogP contribution in [0.3, 0.4) is 0 Å². The normalized spacial score (nSPS) is 17.8. The number of alkyl halides is 2. The summed E-state index contributed by atoms with van der Waals surface area (Å²) in [6.45, 7) is 1.60. The maximum Gasteiger partial charge on any atom is 0.330 e. The number of hydrogen-bond acceptors (Lipinski definition) is 8. The largest absolute Gasteiger partial charge is 0.481 e. The van der Waals surface area contributed by atoms with Crippen molar-refractivity contribution in [3.8, 4) is 28.3 Å². The van der Waals surface area contributed by atoms with Gasteiger partial charge in [-0.3, -0.25) is 23.6 Å². The van der Waals surface area contributed by atoms with Gasteiger partial charge >= 0.3 is 5.69 Å². The van der Waals surface area contributed by atoms with Crippen LogP contribution in [0.2, 0.25) is 10.0 Å². The highest BCUT2D eigenvalue weighted by Gasteiger charge is 2.51. The minimum Gasteiger partial charge on any atom is -0.481 e. The highest BCUT2D eigenvalue weighted by atomic mass is 35.5. The molecule has 2 aromatic carbocycles. The van der Waals surface area contributed by atoms with Crippen molar-refractivity contribution in [2.45, 2.75) is 43.7 Å². The lowest BCUT2D eigenvalue weighted by atomic mass is 9.86. The van der Waals surface area contributed by atoms with Crippen LogP contribution in [0.4, 0.5) is 20.3 Å². The Morgan fingerprint density at radius 3 is 2.37 bits per heavy atom. The number of rotatable bonds is 7. The zero-order chi connectivity index (χ0) is 36.6. The van der Waals surface area contributed by atoms with Gasteiger partial charge in [-0.05, 0) is 43.0 Å². The van der Waals surface area contributed by atoms with E-state index in [0.717, 1.165) is 58.7 Å². The van der Waals surface area contributed by atoms with E-state index in [-0.39, 0.29) is 44.9 Å². The summed E-state index contributed by atoms with van der Waals surface area (Å²) in [5.74, 6) is 0.480. The van der Waals surface area contributed by atoms with Gasteiger partial charge in [0.25, 0.3) is 12.0 Å². The number of ether oxygens (including phenoxy) is 1. The molecule has 1 spiro atoms. The van der Waals surface area contributed by atoms with E-state index in [2.05, 4.69) is 26.6 Å². The second kappa shape index (κ2) is 12.7. The number of carbonyl (C=O) groups is 1. The number of carbonyl (C=O) groups excluding carboxylic acids is 1. The van der Waals surface area contributed by atoms with E-state index in [1.165, 1.54) is 14.1 Å². The summed E-state index contributed by atoms with van der Waals surface area (Å²) >= 11 is 14.1. The SMILES string of the molecule is COc1nc(-c2cccc(-c3cccc(Nc4nc(C(F)F)cc5c4c(=O)n(C)c(=O)n5C)c3Cl)c2Cl)cc2c1C(N1CC3(CCC(=O)N3)C1)CC2. The van der Waals surface area contributed by atoms with Crippen molar-refractivity contribution in [2.24, 2.45) is 14.1 Å². The number of nitrogens with zero attached hydrogens (tertiary/aromatic N) is 5. The fraction of sp³-hybridized carbons (Fsp3) is 0.324. The van der Waals surface area contributed by atoms with Crippen LogP contribution >= 0.6 is 23.2 Å². The van der Waals surface area contributed by atoms with E-state index in [1.807, 2.05) is 18.2 Å². The molecule has 1 amide bonds. The van der Waals surface area contributed by atoms with Crippen molar-refractivity contribution < 1.29 is 18.3 Å². The van der Waals surface area contributed by atoms with E-state index >= 15 is 0 Å². The number of benzene rings is 2. The first-order chi connectivity index (χ1) is 24.9. The number of pyridine rings is 2. The van der Waals surface area contributed by atoms with Crippen molar-refractivity contribution >= 4 is 51.5 Å². The lowest BCUT2D eigenvalue weighted by Crippen LogP contribution is -2.67. The highest BCUT2D eigenvalue weighted by molar-refractivity contribution is 6.39. The Morgan fingerprint density at radius 2 is 1.67 bits per heavy atom. The fourth-order valence-corrected chi connectivity index (χ4v) is 8.52. The van der Waals surface area contributed by atoms with Crippen LogP contribution in [0.15, 0.2) is 58.1 Å². The number of halogens is 4. The number of amides is 1. The van der Waals surface area contributed by atoms with Crippen LogP contribution in [-0.2, 0) is 25.3 Å². The van der Waals surface area contributed by atoms with Crippen molar-refractivity contribution in [1.82, 2.24) is 29.3 Å². The fourth-order valence-electron chi connectivity index (χ4n) is 7.92. The van der Waals surface area contributed by atoms with Gasteiger partial charge in [-0.15, -0.1) is 0 Å². The molecule has 2 saturated heterocycles. The van der Waals surface area contributed by atoms with Crippen LogP contribution in [-0.4, -0.2) is 55.6 Å². The molecule has 8 rings (SSSR count). The summed E-state index contributed by atoms with van der Waals surface area (Å²) in [5, 5.41) is 6.68. The van der Waals surface area contributed by atoms with Gasteiger partial charge < -0.3 is 15.4 Å².